The van der Waals surface area contributed by atoms with Crippen molar-refractivity contribution in [2.45, 2.75) is 19.3 Å². The molecule has 17 heavy (non-hydrogen) atoms. The van der Waals surface area contributed by atoms with E-state index in [0.29, 0.717) is 19.8 Å². The van der Waals surface area contributed by atoms with E-state index in [1.165, 1.54) is 0 Å². The molecule has 0 aromatic heterocycles. The largest absolute Gasteiger partial charge is 0.497 e. The molecule has 1 aromatic carbocycles. The van der Waals surface area contributed by atoms with Gasteiger partial charge in [-0.1, -0.05) is 12.1 Å². The topological polar surface area (TPSA) is 36.9 Å². The van der Waals surface area contributed by atoms with E-state index in [1.807, 2.05) is 31.2 Å². The van der Waals surface area contributed by atoms with Crippen LogP contribution in [0.1, 0.15) is 18.8 Å². The van der Waals surface area contributed by atoms with Gasteiger partial charge >= 0.3 is 0 Å². The maximum absolute atomic E-state index is 5.74. The molecule has 0 aliphatic carbocycles. The van der Waals surface area contributed by atoms with E-state index in [9.17, 15) is 0 Å². The van der Waals surface area contributed by atoms with Crippen molar-refractivity contribution in [2.75, 3.05) is 26.9 Å². The van der Waals surface area contributed by atoms with Crippen LogP contribution in [0.5, 0.6) is 5.75 Å². The van der Waals surface area contributed by atoms with Gasteiger partial charge in [-0.25, -0.2) is 0 Å². The van der Waals surface area contributed by atoms with Gasteiger partial charge in [-0.05, 0) is 19.1 Å². The van der Waals surface area contributed by atoms with Gasteiger partial charge in [-0.3, -0.25) is 0 Å². The first kappa shape index (κ1) is 12.4. The van der Waals surface area contributed by atoms with Crippen LogP contribution in [-0.2, 0) is 14.2 Å². The van der Waals surface area contributed by atoms with Gasteiger partial charge in [0.05, 0.1) is 20.3 Å². The molecule has 1 saturated heterocycles. The van der Waals surface area contributed by atoms with Crippen molar-refractivity contribution in [3.8, 4) is 5.75 Å². The molecule has 2 atom stereocenters. The lowest BCUT2D eigenvalue weighted by Crippen LogP contribution is -2.17. The van der Waals surface area contributed by atoms with Crippen LogP contribution in [0.2, 0.25) is 0 Å². The van der Waals surface area contributed by atoms with Crippen molar-refractivity contribution in [3.63, 3.8) is 0 Å². The summed E-state index contributed by atoms with van der Waals surface area (Å²) >= 11 is 0. The summed E-state index contributed by atoms with van der Waals surface area (Å²) < 4.78 is 21.7. The fourth-order valence-corrected chi connectivity index (χ4v) is 1.72. The van der Waals surface area contributed by atoms with Gasteiger partial charge in [-0.2, -0.15) is 0 Å². The lowest BCUT2D eigenvalue weighted by Gasteiger charge is -2.12. The predicted molar refractivity (Wildman–Crippen MR) is 63.1 cm³/mol. The van der Waals surface area contributed by atoms with Crippen LogP contribution in [-0.4, -0.2) is 33.0 Å². The number of rotatable bonds is 5. The molecule has 4 heteroatoms. The van der Waals surface area contributed by atoms with Crippen molar-refractivity contribution in [2.24, 2.45) is 0 Å². The Kier molecular flexibility index (Phi) is 4.36. The number of benzene rings is 1. The Balaban J connectivity index is 1.90. The van der Waals surface area contributed by atoms with Crippen molar-refractivity contribution >= 4 is 0 Å². The molecule has 1 heterocycles. The van der Waals surface area contributed by atoms with Crippen LogP contribution in [0.15, 0.2) is 24.3 Å². The molecule has 0 unspecified atom stereocenters. The molecule has 0 saturated carbocycles. The highest BCUT2D eigenvalue weighted by molar-refractivity contribution is 5.28. The van der Waals surface area contributed by atoms with E-state index < -0.39 is 0 Å². The van der Waals surface area contributed by atoms with Crippen LogP contribution in [0.3, 0.4) is 0 Å². The van der Waals surface area contributed by atoms with Gasteiger partial charge in [0.25, 0.3) is 0 Å². The summed E-state index contributed by atoms with van der Waals surface area (Å²) in [6, 6.07) is 7.70. The number of ether oxygens (including phenoxy) is 4. The summed E-state index contributed by atoms with van der Waals surface area (Å²) in [7, 11) is 1.65. The van der Waals surface area contributed by atoms with Gasteiger partial charge in [0.2, 0.25) is 0 Å². The third kappa shape index (κ3) is 3.19. The summed E-state index contributed by atoms with van der Waals surface area (Å²) in [5, 5.41) is 0. The lowest BCUT2D eigenvalue weighted by atomic mass is 10.2. The molecule has 0 amide bonds. The second-order valence-corrected chi connectivity index (χ2v) is 3.86. The maximum atomic E-state index is 5.74. The van der Waals surface area contributed by atoms with Gasteiger partial charge in [0, 0.05) is 12.2 Å². The SMILES string of the molecule is CCOC[C@@H]1CO[C@@H](c2ccc(OC)cc2)O1. The quantitative estimate of drug-likeness (QED) is 0.787. The van der Waals surface area contributed by atoms with Crippen LogP contribution in [0.4, 0.5) is 0 Å². The summed E-state index contributed by atoms with van der Waals surface area (Å²) in [5.74, 6) is 0.831. The van der Waals surface area contributed by atoms with E-state index in [4.69, 9.17) is 18.9 Å². The molecule has 1 fully saturated rings. The normalized spacial score (nSPS) is 23.9. The summed E-state index contributed by atoms with van der Waals surface area (Å²) in [6.07, 6.45) is -0.256. The minimum absolute atomic E-state index is 0.0297. The van der Waals surface area contributed by atoms with E-state index in [-0.39, 0.29) is 12.4 Å². The molecule has 1 aromatic rings. The van der Waals surface area contributed by atoms with Crippen molar-refractivity contribution in [3.05, 3.63) is 29.8 Å². The molecule has 0 spiro atoms. The van der Waals surface area contributed by atoms with Gasteiger partial charge in [0.1, 0.15) is 11.9 Å². The second kappa shape index (κ2) is 6.00. The molecule has 4 nitrogen and oxygen atoms in total. The Morgan fingerprint density at radius 2 is 2.06 bits per heavy atom. The third-order valence-electron chi connectivity index (χ3n) is 2.65. The van der Waals surface area contributed by atoms with Gasteiger partial charge < -0.3 is 18.9 Å². The first-order chi connectivity index (χ1) is 8.33. The summed E-state index contributed by atoms with van der Waals surface area (Å²) in [6.45, 7) is 3.84. The first-order valence-corrected chi connectivity index (χ1v) is 5.82. The van der Waals surface area contributed by atoms with Crippen molar-refractivity contribution in [1.29, 1.82) is 0 Å². The van der Waals surface area contributed by atoms with Gasteiger partial charge in [-0.15, -0.1) is 0 Å². The molecular formula is C13H18O4. The molecule has 2 rings (SSSR count). The molecular weight excluding hydrogens is 220 g/mol. The number of hydrogen-bond donors (Lipinski definition) is 0. The molecule has 1 aliphatic rings. The molecule has 1 aliphatic heterocycles. The highest BCUT2D eigenvalue weighted by Crippen LogP contribution is 2.28. The molecule has 0 radical (unpaired) electrons. The van der Waals surface area contributed by atoms with E-state index in [2.05, 4.69) is 0 Å². The minimum Gasteiger partial charge on any atom is -0.497 e. The average molecular weight is 238 g/mol. The van der Waals surface area contributed by atoms with E-state index in [1.54, 1.807) is 7.11 Å². The highest BCUT2D eigenvalue weighted by atomic mass is 16.7. The standard InChI is InChI=1S/C13H18O4/c1-3-15-8-12-9-16-13(17-12)10-4-6-11(14-2)7-5-10/h4-7,12-13H,3,8-9H2,1-2H3/t12-,13-/m1/s1. The average Bonchev–Trinajstić information content (AvgIpc) is 2.85. The Labute approximate surface area is 101 Å². The second-order valence-electron chi connectivity index (χ2n) is 3.86. The third-order valence-corrected chi connectivity index (χ3v) is 2.65. The Morgan fingerprint density at radius 1 is 1.29 bits per heavy atom. The number of methoxy groups -OCH3 is 1. The fraction of sp³-hybridized carbons (Fsp3) is 0.538. The summed E-state index contributed by atoms with van der Waals surface area (Å²) in [4.78, 5) is 0. The fourth-order valence-electron chi connectivity index (χ4n) is 1.72. The Bertz CT molecular complexity index is 336. The van der Waals surface area contributed by atoms with Crippen molar-refractivity contribution < 1.29 is 18.9 Å². The zero-order valence-electron chi connectivity index (χ0n) is 10.2. The zero-order valence-corrected chi connectivity index (χ0v) is 10.2. The molecule has 0 bridgehead atoms. The lowest BCUT2D eigenvalue weighted by molar-refractivity contribution is -0.0731. The van der Waals surface area contributed by atoms with Gasteiger partial charge in [0.15, 0.2) is 6.29 Å². The smallest absolute Gasteiger partial charge is 0.184 e. The minimum atomic E-state index is -0.286. The van der Waals surface area contributed by atoms with E-state index in [0.717, 1.165) is 11.3 Å². The molecule has 0 N–H and O–H groups in total. The Morgan fingerprint density at radius 3 is 2.71 bits per heavy atom. The number of hydrogen-bond acceptors (Lipinski definition) is 4. The van der Waals surface area contributed by atoms with Crippen LogP contribution in [0, 0.1) is 0 Å². The highest BCUT2D eigenvalue weighted by Gasteiger charge is 2.27. The zero-order chi connectivity index (χ0) is 12.1. The van der Waals surface area contributed by atoms with E-state index >= 15 is 0 Å². The predicted octanol–water partition coefficient (Wildman–Crippen LogP) is 2.15. The summed E-state index contributed by atoms with van der Waals surface area (Å²) in [5.41, 5.74) is 1.00. The van der Waals surface area contributed by atoms with Crippen LogP contribution < -0.4 is 4.74 Å². The monoisotopic (exact) mass is 238 g/mol. The Hall–Kier alpha value is -1.10. The maximum Gasteiger partial charge on any atom is 0.184 e. The van der Waals surface area contributed by atoms with Crippen LogP contribution in [0.25, 0.3) is 0 Å². The van der Waals surface area contributed by atoms with Crippen LogP contribution >= 0.6 is 0 Å². The first-order valence-electron chi connectivity index (χ1n) is 5.82. The molecule has 94 valence electrons. The van der Waals surface area contributed by atoms with Crippen molar-refractivity contribution in [1.82, 2.24) is 0 Å².